The molecule has 0 radical (unpaired) electrons. The first-order valence-corrected chi connectivity index (χ1v) is 6.97. The zero-order valence-corrected chi connectivity index (χ0v) is 12.0. The first kappa shape index (κ1) is 14.5. The van der Waals surface area contributed by atoms with Gasteiger partial charge in [0.1, 0.15) is 23.1 Å². The van der Waals surface area contributed by atoms with Crippen LogP contribution in [-0.2, 0) is 0 Å². The zero-order valence-electron chi connectivity index (χ0n) is 12.0. The highest BCUT2D eigenvalue weighted by Crippen LogP contribution is 2.26. The molecule has 0 bridgehead atoms. The standard InChI is InChI=1S/C15H15F2N3O2/c1-9-7-13(19-22-9)15(21)18-10-5-6-20(8-10)14-11(16)3-2-4-12(14)17/h2-4,7,10H,5-6,8H2,1H3,(H,18,21)/t10-/m1/s1. The molecular weight excluding hydrogens is 292 g/mol. The monoisotopic (exact) mass is 307 g/mol. The van der Waals surface area contributed by atoms with E-state index < -0.39 is 11.6 Å². The molecule has 116 valence electrons. The maximum absolute atomic E-state index is 13.8. The molecule has 1 aromatic heterocycles. The summed E-state index contributed by atoms with van der Waals surface area (Å²) in [5.41, 5.74) is 0.157. The molecule has 1 aliphatic rings. The second-order valence-corrected chi connectivity index (χ2v) is 5.30. The van der Waals surface area contributed by atoms with E-state index in [0.29, 0.717) is 25.3 Å². The van der Waals surface area contributed by atoms with Gasteiger partial charge >= 0.3 is 0 Å². The van der Waals surface area contributed by atoms with Crippen molar-refractivity contribution in [1.82, 2.24) is 10.5 Å². The second-order valence-electron chi connectivity index (χ2n) is 5.30. The fraction of sp³-hybridized carbons (Fsp3) is 0.333. The first-order chi connectivity index (χ1) is 10.5. The highest BCUT2D eigenvalue weighted by atomic mass is 19.1. The smallest absolute Gasteiger partial charge is 0.273 e. The van der Waals surface area contributed by atoms with Crippen molar-refractivity contribution in [2.45, 2.75) is 19.4 Å². The lowest BCUT2D eigenvalue weighted by Crippen LogP contribution is -2.37. The van der Waals surface area contributed by atoms with Crippen molar-refractivity contribution in [2.75, 3.05) is 18.0 Å². The van der Waals surface area contributed by atoms with Crippen LogP contribution in [0.2, 0.25) is 0 Å². The molecule has 1 amide bonds. The maximum atomic E-state index is 13.8. The minimum atomic E-state index is -0.598. The summed E-state index contributed by atoms with van der Waals surface area (Å²) in [5, 5.41) is 6.44. The molecule has 5 nitrogen and oxygen atoms in total. The molecule has 1 N–H and O–H groups in total. The largest absolute Gasteiger partial charge is 0.365 e. The minimum Gasteiger partial charge on any atom is -0.365 e. The SMILES string of the molecule is Cc1cc(C(=O)N[C@@H]2CCN(c3c(F)cccc3F)C2)no1. The Bertz CT molecular complexity index is 682. The predicted octanol–water partition coefficient (Wildman–Crippen LogP) is 2.27. The lowest BCUT2D eigenvalue weighted by molar-refractivity contribution is 0.0931. The third-order valence-electron chi connectivity index (χ3n) is 3.64. The van der Waals surface area contributed by atoms with Crippen molar-refractivity contribution in [3.8, 4) is 0 Å². The van der Waals surface area contributed by atoms with Crippen LogP contribution < -0.4 is 10.2 Å². The number of amides is 1. The number of para-hydroxylation sites is 1. The van der Waals surface area contributed by atoms with Crippen molar-refractivity contribution in [1.29, 1.82) is 0 Å². The molecule has 2 heterocycles. The van der Waals surface area contributed by atoms with E-state index in [1.807, 2.05) is 0 Å². The molecule has 1 aliphatic heterocycles. The van der Waals surface area contributed by atoms with Crippen LogP contribution in [0.1, 0.15) is 22.7 Å². The lowest BCUT2D eigenvalue weighted by atomic mass is 10.2. The zero-order chi connectivity index (χ0) is 15.7. The van der Waals surface area contributed by atoms with Crippen LogP contribution in [0.5, 0.6) is 0 Å². The summed E-state index contributed by atoms with van der Waals surface area (Å²) in [5.74, 6) is -0.998. The van der Waals surface area contributed by atoms with Crippen LogP contribution in [0.15, 0.2) is 28.8 Å². The average Bonchev–Trinajstić information content (AvgIpc) is 3.08. The van der Waals surface area contributed by atoms with Gasteiger partial charge in [-0.1, -0.05) is 11.2 Å². The normalized spacial score (nSPS) is 17.8. The van der Waals surface area contributed by atoms with Crippen molar-refractivity contribution < 1.29 is 18.1 Å². The molecule has 3 rings (SSSR count). The summed E-state index contributed by atoms with van der Waals surface area (Å²) in [4.78, 5) is 13.6. The Balaban J connectivity index is 1.66. The molecule has 1 fully saturated rings. The van der Waals surface area contributed by atoms with Gasteiger partial charge in [0.2, 0.25) is 0 Å². The Labute approximate surface area is 125 Å². The highest BCUT2D eigenvalue weighted by Gasteiger charge is 2.28. The number of aromatic nitrogens is 1. The van der Waals surface area contributed by atoms with E-state index in [0.717, 1.165) is 0 Å². The number of anilines is 1. The van der Waals surface area contributed by atoms with E-state index in [4.69, 9.17) is 4.52 Å². The van der Waals surface area contributed by atoms with Gasteiger partial charge in [0, 0.05) is 25.2 Å². The molecule has 1 atom stereocenters. The van der Waals surface area contributed by atoms with Crippen molar-refractivity contribution in [2.24, 2.45) is 0 Å². The van der Waals surface area contributed by atoms with Gasteiger partial charge in [0.15, 0.2) is 5.69 Å². The predicted molar refractivity (Wildman–Crippen MR) is 75.7 cm³/mol. The molecular formula is C15H15F2N3O2. The number of aryl methyl sites for hydroxylation is 1. The highest BCUT2D eigenvalue weighted by molar-refractivity contribution is 5.92. The fourth-order valence-electron chi connectivity index (χ4n) is 2.61. The van der Waals surface area contributed by atoms with Gasteiger partial charge in [-0.3, -0.25) is 4.79 Å². The van der Waals surface area contributed by atoms with Crippen LogP contribution in [0.3, 0.4) is 0 Å². The molecule has 7 heteroatoms. The Morgan fingerprint density at radius 3 is 2.77 bits per heavy atom. The van der Waals surface area contributed by atoms with Gasteiger partial charge in [-0.2, -0.15) is 0 Å². The minimum absolute atomic E-state index is 0.0449. The molecule has 0 saturated carbocycles. The van der Waals surface area contributed by atoms with Gasteiger partial charge < -0.3 is 14.7 Å². The van der Waals surface area contributed by atoms with Gasteiger partial charge in [-0.05, 0) is 25.5 Å². The van der Waals surface area contributed by atoms with Crippen LogP contribution in [0.4, 0.5) is 14.5 Å². The van der Waals surface area contributed by atoms with Crippen LogP contribution in [0, 0.1) is 18.6 Å². The topological polar surface area (TPSA) is 58.4 Å². The van der Waals surface area contributed by atoms with Gasteiger partial charge in [-0.15, -0.1) is 0 Å². The third-order valence-corrected chi connectivity index (χ3v) is 3.64. The summed E-state index contributed by atoms with van der Waals surface area (Å²) in [6.45, 7) is 2.52. The van der Waals surface area contributed by atoms with E-state index in [2.05, 4.69) is 10.5 Å². The number of carbonyl (C=O) groups excluding carboxylic acids is 1. The van der Waals surface area contributed by atoms with Crippen molar-refractivity contribution in [3.05, 3.63) is 47.4 Å². The number of rotatable bonds is 3. The number of hydrogen-bond acceptors (Lipinski definition) is 4. The van der Waals surface area contributed by atoms with Gasteiger partial charge in [0.25, 0.3) is 5.91 Å². The van der Waals surface area contributed by atoms with Crippen molar-refractivity contribution in [3.63, 3.8) is 0 Å². The third kappa shape index (κ3) is 2.79. The summed E-state index contributed by atoms with van der Waals surface area (Å²) < 4.78 is 32.4. The quantitative estimate of drug-likeness (QED) is 0.945. The number of halogens is 2. The van der Waals surface area contributed by atoms with E-state index in [-0.39, 0.29) is 23.3 Å². The second kappa shape index (κ2) is 5.75. The number of nitrogens with zero attached hydrogens (tertiary/aromatic N) is 2. The molecule has 0 spiro atoms. The van der Waals surface area contributed by atoms with E-state index in [1.165, 1.54) is 18.2 Å². The number of nitrogens with one attached hydrogen (secondary N) is 1. The summed E-state index contributed by atoms with van der Waals surface area (Å²) in [6, 6.07) is 5.13. The molecule has 0 unspecified atom stereocenters. The first-order valence-electron chi connectivity index (χ1n) is 6.97. The Hall–Kier alpha value is -2.44. The van der Waals surface area contributed by atoms with Crippen LogP contribution >= 0.6 is 0 Å². The van der Waals surface area contributed by atoms with E-state index in [1.54, 1.807) is 17.9 Å². The van der Waals surface area contributed by atoms with Crippen molar-refractivity contribution >= 4 is 11.6 Å². The Kier molecular flexibility index (Phi) is 3.79. The Morgan fingerprint density at radius 1 is 1.41 bits per heavy atom. The number of benzene rings is 1. The summed E-state index contributed by atoms with van der Waals surface area (Å²) >= 11 is 0. The summed E-state index contributed by atoms with van der Waals surface area (Å²) in [6.07, 6.45) is 0.607. The maximum Gasteiger partial charge on any atom is 0.273 e. The Morgan fingerprint density at radius 2 is 2.14 bits per heavy atom. The summed E-state index contributed by atoms with van der Waals surface area (Å²) in [7, 11) is 0. The fourth-order valence-corrected chi connectivity index (χ4v) is 2.61. The van der Waals surface area contributed by atoms with Crippen LogP contribution in [-0.4, -0.2) is 30.2 Å². The average molecular weight is 307 g/mol. The number of carbonyl (C=O) groups is 1. The molecule has 0 aliphatic carbocycles. The molecule has 22 heavy (non-hydrogen) atoms. The lowest BCUT2D eigenvalue weighted by Gasteiger charge is -2.20. The van der Waals surface area contributed by atoms with E-state index in [9.17, 15) is 13.6 Å². The number of hydrogen-bond donors (Lipinski definition) is 1. The molecule has 1 saturated heterocycles. The molecule has 2 aromatic rings. The van der Waals surface area contributed by atoms with Crippen LogP contribution in [0.25, 0.3) is 0 Å². The van der Waals surface area contributed by atoms with Gasteiger partial charge in [-0.25, -0.2) is 8.78 Å². The van der Waals surface area contributed by atoms with Gasteiger partial charge in [0.05, 0.1) is 0 Å². The van der Waals surface area contributed by atoms with E-state index >= 15 is 0 Å². The molecule has 1 aromatic carbocycles.